The van der Waals surface area contributed by atoms with Gasteiger partial charge in [0.1, 0.15) is 5.82 Å². The number of anilines is 1. The van der Waals surface area contributed by atoms with Crippen LogP contribution in [0, 0.1) is 0 Å². The van der Waals surface area contributed by atoms with Gasteiger partial charge in [0.2, 0.25) is 0 Å². The van der Waals surface area contributed by atoms with Crippen molar-refractivity contribution in [2.75, 3.05) is 18.5 Å². The van der Waals surface area contributed by atoms with Crippen LogP contribution in [0.4, 0.5) is 5.82 Å². The van der Waals surface area contributed by atoms with E-state index in [4.69, 9.17) is 16.7 Å². The number of carbonyl (C=O) groups excluding carboxylic acids is 2. The van der Waals surface area contributed by atoms with Gasteiger partial charge in [-0.25, -0.2) is 4.68 Å². The molecule has 0 saturated heterocycles. The Hall–Kier alpha value is -2.03. The summed E-state index contributed by atoms with van der Waals surface area (Å²) in [5.74, 6) is 0.374. The van der Waals surface area contributed by atoms with Crippen molar-refractivity contribution in [3.05, 3.63) is 40.5 Å². The van der Waals surface area contributed by atoms with Crippen LogP contribution in [0.5, 0.6) is 0 Å². The van der Waals surface area contributed by atoms with E-state index in [2.05, 4.69) is 15.7 Å². The topological polar surface area (TPSA) is 96.2 Å². The predicted molar refractivity (Wildman–Crippen MR) is 92.3 cm³/mol. The van der Waals surface area contributed by atoms with Gasteiger partial charge in [-0.3, -0.25) is 9.59 Å². The molecule has 1 aliphatic heterocycles. The molecule has 2 aromatic rings. The van der Waals surface area contributed by atoms with E-state index in [1.807, 2.05) is 0 Å². The molecule has 0 saturated carbocycles. The van der Waals surface area contributed by atoms with E-state index in [1.54, 1.807) is 40.7 Å². The third-order valence-electron chi connectivity index (χ3n) is 3.46. The first-order valence-corrected chi connectivity index (χ1v) is 8.78. The summed E-state index contributed by atoms with van der Waals surface area (Å²) in [4.78, 5) is 23.8. The minimum atomic E-state index is -0.799. The maximum atomic E-state index is 12.1. The van der Waals surface area contributed by atoms with Crippen molar-refractivity contribution in [2.24, 2.45) is 0 Å². The van der Waals surface area contributed by atoms with E-state index < -0.39 is 11.8 Å². The van der Waals surface area contributed by atoms with Crippen molar-refractivity contribution in [1.82, 2.24) is 15.1 Å². The molecule has 126 valence electrons. The number of rotatable bonds is 4. The standard InChI is InChI=1S/C15H15ClN4O3S/c16-9-1-3-10(4-2-9)20-13(11-7-24-8-12(11)19-20)18-15(23)14(22)17-5-6-21/h1-4,21H,5-8H2,(H,17,22)(H,18,23). The number of benzene rings is 1. The van der Waals surface area contributed by atoms with E-state index in [9.17, 15) is 9.59 Å². The van der Waals surface area contributed by atoms with Crippen LogP contribution in [-0.4, -0.2) is 39.9 Å². The monoisotopic (exact) mass is 366 g/mol. The molecule has 3 rings (SSSR count). The van der Waals surface area contributed by atoms with Gasteiger partial charge in [0, 0.05) is 28.6 Å². The summed E-state index contributed by atoms with van der Waals surface area (Å²) >= 11 is 7.61. The smallest absolute Gasteiger partial charge is 0.314 e. The molecule has 1 aromatic carbocycles. The molecule has 2 amide bonds. The average molecular weight is 367 g/mol. The van der Waals surface area contributed by atoms with E-state index in [-0.39, 0.29) is 13.2 Å². The van der Waals surface area contributed by atoms with Gasteiger partial charge in [0.05, 0.1) is 18.0 Å². The molecule has 0 fully saturated rings. The lowest BCUT2D eigenvalue weighted by Crippen LogP contribution is -2.37. The lowest BCUT2D eigenvalue weighted by molar-refractivity contribution is -0.136. The lowest BCUT2D eigenvalue weighted by atomic mass is 10.2. The van der Waals surface area contributed by atoms with Gasteiger partial charge in [0.15, 0.2) is 0 Å². The van der Waals surface area contributed by atoms with Gasteiger partial charge < -0.3 is 15.7 Å². The molecular formula is C15H15ClN4O3S. The van der Waals surface area contributed by atoms with Gasteiger partial charge in [-0.15, -0.1) is 0 Å². The van der Waals surface area contributed by atoms with Crippen LogP contribution in [0.2, 0.25) is 5.02 Å². The highest BCUT2D eigenvalue weighted by molar-refractivity contribution is 7.98. The molecule has 3 N–H and O–H groups in total. The molecule has 7 nitrogen and oxygen atoms in total. The maximum absolute atomic E-state index is 12.1. The van der Waals surface area contributed by atoms with E-state index in [1.165, 1.54) is 0 Å². The van der Waals surface area contributed by atoms with Crippen LogP contribution in [-0.2, 0) is 21.1 Å². The molecule has 0 aliphatic carbocycles. The Morgan fingerprint density at radius 2 is 2.00 bits per heavy atom. The Kier molecular flexibility index (Phi) is 5.08. The van der Waals surface area contributed by atoms with Crippen LogP contribution in [0.3, 0.4) is 0 Å². The number of hydrogen-bond donors (Lipinski definition) is 3. The molecule has 1 aromatic heterocycles. The molecule has 0 spiro atoms. The zero-order chi connectivity index (χ0) is 17.1. The van der Waals surface area contributed by atoms with E-state index >= 15 is 0 Å². The van der Waals surface area contributed by atoms with Crippen molar-refractivity contribution in [2.45, 2.75) is 11.5 Å². The van der Waals surface area contributed by atoms with Crippen molar-refractivity contribution in [3.63, 3.8) is 0 Å². The number of thioether (sulfide) groups is 1. The number of hydrogen-bond acceptors (Lipinski definition) is 5. The third-order valence-corrected chi connectivity index (χ3v) is 4.68. The Bertz CT molecular complexity index is 776. The summed E-state index contributed by atoms with van der Waals surface area (Å²) in [5, 5.41) is 18.8. The van der Waals surface area contributed by atoms with Gasteiger partial charge >= 0.3 is 11.8 Å². The zero-order valence-corrected chi connectivity index (χ0v) is 14.2. The van der Waals surface area contributed by atoms with Crippen molar-refractivity contribution in [3.8, 4) is 5.69 Å². The number of halogens is 1. The van der Waals surface area contributed by atoms with Gasteiger partial charge in [0.25, 0.3) is 0 Å². The van der Waals surface area contributed by atoms with Gasteiger partial charge in [-0.2, -0.15) is 16.9 Å². The molecule has 2 heterocycles. The minimum Gasteiger partial charge on any atom is -0.395 e. The van der Waals surface area contributed by atoms with Crippen molar-refractivity contribution >= 4 is 41.0 Å². The molecule has 9 heteroatoms. The Balaban J connectivity index is 1.90. The molecule has 0 atom stereocenters. The van der Waals surface area contributed by atoms with Crippen LogP contribution in [0.25, 0.3) is 5.69 Å². The zero-order valence-electron chi connectivity index (χ0n) is 12.6. The minimum absolute atomic E-state index is 0.0245. The molecule has 0 unspecified atom stereocenters. The quantitative estimate of drug-likeness (QED) is 0.709. The molecule has 0 radical (unpaired) electrons. The Morgan fingerprint density at radius 1 is 1.25 bits per heavy atom. The summed E-state index contributed by atoms with van der Waals surface area (Å²) in [7, 11) is 0. The van der Waals surface area contributed by atoms with E-state index in [0.29, 0.717) is 10.8 Å². The average Bonchev–Trinajstić information content (AvgIpc) is 3.16. The predicted octanol–water partition coefficient (Wildman–Crippen LogP) is 1.32. The summed E-state index contributed by atoms with van der Waals surface area (Å²) in [6.07, 6.45) is 0. The van der Waals surface area contributed by atoms with Crippen LogP contribution >= 0.6 is 23.4 Å². The second-order valence-corrected chi connectivity index (χ2v) is 6.51. The second-order valence-electron chi connectivity index (χ2n) is 5.09. The number of nitrogens with zero attached hydrogens (tertiary/aromatic N) is 2. The summed E-state index contributed by atoms with van der Waals surface area (Å²) in [6.45, 7) is -0.204. The number of carbonyl (C=O) groups is 2. The van der Waals surface area contributed by atoms with Crippen LogP contribution < -0.4 is 10.6 Å². The lowest BCUT2D eigenvalue weighted by Gasteiger charge is -2.11. The first-order valence-electron chi connectivity index (χ1n) is 7.24. The van der Waals surface area contributed by atoms with Crippen LogP contribution in [0.15, 0.2) is 24.3 Å². The first kappa shape index (κ1) is 16.8. The SMILES string of the molecule is O=C(NCCO)C(=O)Nc1c2c(nn1-c1ccc(Cl)cc1)CSC2. The number of fused-ring (bicyclic) bond motifs is 1. The highest BCUT2D eigenvalue weighted by Crippen LogP contribution is 2.36. The fraction of sp³-hybridized carbons (Fsp3) is 0.267. The number of amides is 2. The summed E-state index contributed by atoms with van der Waals surface area (Å²) in [6, 6.07) is 7.05. The third kappa shape index (κ3) is 3.40. The largest absolute Gasteiger partial charge is 0.395 e. The molecule has 0 bridgehead atoms. The van der Waals surface area contributed by atoms with E-state index in [0.717, 1.165) is 28.5 Å². The number of aromatic nitrogens is 2. The fourth-order valence-corrected chi connectivity index (χ4v) is 3.49. The Morgan fingerprint density at radius 3 is 2.71 bits per heavy atom. The van der Waals surface area contributed by atoms with Gasteiger partial charge in [-0.1, -0.05) is 11.6 Å². The van der Waals surface area contributed by atoms with Crippen molar-refractivity contribution < 1.29 is 14.7 Å². The Labute approximate surface area is 147 Å². The number of aliphatic hydroxyl groups is 1. The van der Waals surface area contributed by atoms with Gasteiger partial charge in [-0.05, 0) is 24.3 Å². The number of aliphatic hydroxyl groups excluding tert-OH is 1. The highest BCUT2D eigenvalue weighted by atomic mass is 35.5. The second kappa shape index (κ2) is 7.25. The maximum Gasteiger partial charge on any atom is 0.314 e. The van der Waals surface area contributed by atoms with Crippen molar-refractivity contribution in [1.29, 1.82) is 0 Å². The summed E-state index contributed by atoms with van der Waals surface area (Å²) < 4.78 is 1.61. The normalized spacial score (nSPS) is 12.8. The highest BCUT2D eigenvalue weighted by Gasteiger charge is 2.26. The molecule has 24 heavy (non-hydrogen) atoms. The van der Waals surface area contributed by atoms with Crippen LogP contribution in [0.1, 0.15) is 11.3 Å². The molecular weight excluding hydrogens is 352 g/mol. The summed E-state index contributed by atoms with van der Waals surface area (Å²) in [5.41, 5.74) is 2.55. The number of nitrogens with one attached hydrogen (secondary N) is 2. The fourth-order valence-electron chi connectivity index (χ4n) is 2.32. The molecule has 1 aliphatic rings. The first-order chi connectivity index (χ1) is 11.6.